The number of rotatable bonds is 7. The molecule has 1 aromatic rings. The van der Waals surface area contributed by atoms with Crippen LogP contribution in [0.5, 0.6) is 0 Å². The maximum absolute atomic E-state index is 11.3. The first-order chi connectivity index (χ1) is 10.1. The van der Waals surface area contributed by atoms with Crippen molar-refractivity contribution in [1.29, 1.82) is 0 Å². The Morgan fingerprint density at radius 1 is 1.29 bits per heavy atom. The lowest BCUT2D eigenvalue weighted by Gasteiger charge is -2.35. The zero-order valence-electron chi connectivity index (χ0n) is 13.1. The molecule has 0 radical (unpaired) electrons. The quantitative estimate of drug-likeness (QED) is 0.808. The summed E-state index contributed by atoms with van der Waals surface area (Å²) < 4.78 is 2.07. The Kier molecular flexibility index (Phi) is 5.20. The van der Waals surface area contributed by atoms with Crippen molar-refractivity contribution in [1.82, 2.24) is 14.8 Å². The summed E-state index contributed by atoms with van der Waals surface area (Å²) in [6.45, 7) is 5.70. The molecule has 1 heterocycles. The first-order valence-electron chi connectivity index (χ1n) is 7.98. The first-order valence-corrected chi connectivity index (χ1v) is 7.98. The number of nitrogens with one attached hydrogen (secondary N) is 1. The van der Waals surface area contributed by atoms with Crippen molar-refractivity contribution in [2.45, 2.75) is 65.3 Å². The molecule has 0 aromatic carbocycles. The first kappa shape index (κ1) is 15.8. The summed E-state index contributed by atoms with van der Waals surface area (Å²) in [4.78, 5) is 11.3. The van der Waals surface area contributed by atoms with Crippen molar-refractivity contribution in [2.24, 2.45) is 5.41 Å². The van der Waals surface area contributed by atoms with E-state index in [-0.39, 0.29) is 11.8 Å². The zero-order valence-corrected chi connectivity index (χ0v) is 13.1. The van der Waals surface area contributed by atoms with Crippen molar-refractivity contribution in [3.63, 3.8) is 0 Å². The SMILES string of the molecule is CCNc1nnc(CC2(CC(=O)O)CCCCC2)n1CC. The number of carboxylic acids is 1. The molecule has 2 rings (SSSR count). The van der Waals surface area contributed by atoms with Crippen LogP contribution in [0.2, 0.25) is 0 Å². The molecule has 6 nitrogen and oxygen atoms in total. The Hall–Kier alpha value is -1.59. The monoisotopic (exact) mass is 294 g/mol. The lowest BCUT2D eigenvalue weighted by Crippen LogP contribution is -2.31. The number of carboxylic acid groups (broad SMARTS) is 1. The predicted molar refractivity (Wildman–Crippen MR) is 81.3 cm³/mol. The Morgan fingerprint density at radius 3 is 2.57 bits per heavy atom. The number of aromatic nitrogens is 3. The summed E-state index contributed by atoms with van der Waals surface area (Å²) in [5.74, 6) is 0.999. The fraction of sp³-hybridized carbons (Fsp3) is 0.800. The van der Waals surface area contributed by atoms with E-state index in [2.05, 4.69) is 27.0 Å². The maximum Gasteiger partial charge on any atom is 0.303 e. The summed E-state index contributed by atoms with van der Waals surface area (Å²) >= 11 is 0. The molecular weight excluding hydrogens is 268 g/mol. The van der Waals surface area contributed by atoms with E-state index < -0.39 is 5.97 Å². The van der Waals surface area contributed by atoms with Crippen LogP contribution in [0.15, 0.2) is 0 Å². The van der Waals surface area contributed by atoms with Gasteiger partial charge in [0.1, 0.15) is 5.82 Å². The molecule has 1 aromatic heterocycles. The van der Waals surface area contributed by atoms with Crippen LogP contribution in [0.1, 0.15) is 58.2 Å². The standard InChI is InChI=1S/C15H26N4O2/c1-3-16-14-18-17-12(19(14)4-2)10-15(11-13(20)21)8-6-5-7-9-15/h3-11H2,1-2H3,(H,16,18)(H,20,21). The fourth-order valence-electron chi connectivity index (χ4n) is 3.46. The second-order valence-electron chi connectivity index (χ2n) is 6.02. The molecule has 0 amide bonds. The topological polar surface area (TPSA) is 80.0 Å². The molecule has 1 saturated carbocycles. The van der Waals surface area contributed by atoms with Gasteiger partial charge in [0.2, 0.25) is 5.95 Å². The molecule has 6 heteroatoms. The van der Waals surface area contributed by atoms with Crippen LogP contribution in [0.3, 0.4) is 0 Å². The van der Waals surface area contributed by atoms with Crippen molar-refractivity contribution in [2.75, 3.05) is 11.9 Å². The highest BCUT2D eigenvalue weighted by molar-refractivity contribution is 5.67. The third-order valence-corrected chi connectivity index (χ3v) is 4.45. The Labute approximate surface area is 126 Å². The Balaban J connectivity index is 2.21. The average molecular weight is 294 g/mol. The highest BCUT2D eigenvalue weighted by atomic mass is 16.4. The number of nitrogens with zero attached hydrogens (tertiary/aromatic N) is 3. The third kappa shape index (κ3) is 3.74. The van der Waals surface area contributed by atoms with Crippen molar-refractivity contribution < 1.29 is 9.90 Å². The number of anilines is 1. The molecule has 0 unspecified atom stereocenters. The van der Waals surface area contributed by atoms with Gasteiger partial charge in [-0.2, -0.15) is 0 Å². The minimum Gasteiger partial charge on any atom is -0.481 e. The van der Waals surface area contributed by atoms with Crippen LogP contribution in [-0.4, -0.2) is 32.4 Å². The van der Waals surface area contributed by atoms with Crippen molar-refractivity contribution in [3.8, 4) is 0 Å². The van der Waals surface area contributed by atoms with Gasteiger partial charge in [0.05, 0.1) is 6.42 Å². The molecule has 0 bridgehead atoms. The largest absolute Gasteiger partial charge is 0.481 e. The predicted octanol–water partition coefficient (Wildman–Crippen LogP) is 2.70. The molecule has 0 saturated heterocycles. The van der Waals surface area contributed by atoms with Crippen LogP contribution in [0.4, 0.5) is 5.95 Å². The van der Waals surface area contributed by atoms with Gasteiger partial charge in [-0.15, -0.1) is 10.2 Å². The molecule has 0 atom stereocenters. The van der Waals surface area contributed by atoms with Gasteiger partial charge in [0.15, 0.2) is 0 Å². The van der Waals surface area contributed by atoms with E-state index in [1.165, 1.54) is 6.42 Å². The van der Waals surface area contributed by atoms with E-state index in [0.717, 1.165) is 50.5 Å². The van der Waals surface area contributed by atoms with Gasteiger partial charge in [0, 0.05) is 19.5 Å². The van der Waals surface area contributed by atoms with E-state index in [0.29, 0.717) is 6.42 Å². The molecular formula is C15H26N4O2. The minimum atomic E-state index is -0.702. The number of hydrogen-bond acceptors (Lipinski definition) is 4. The zero-order chi connectivity index (χ0) is 15.3. The molecule has 21 heavy (non-hydrogen) atoms. The van der Waals surface area contributed by atoms with E-state index in [1.54, 1.807) is 0 Å². The lowest BCUT2D eigenvalue weighted by molar-refractivity contribution is -0.140. The van der Waals surface area contributed by atoms with Crippen LogP contribution >= 0.6 is 0 Å². The van der Waals surface area contributed by atoms with Crippen molar-refractivity contribution >= 4 is 11.9 Å². The highest BCUT2D eigenvalue weighted by Crippen LogP contribution is 2.42. The summed E-state index contributed by atoms with van der Waals surface area (Å²) in [6.07, 6.45) is 6.36. The van der Waals surface area contributed by atoms with Gasteiger partial charge in [-0.1, -0.05) is 19.3 Å². The minimum absolute atomic E-state index is 0.145. The average Bonchev–Trinajstić information content (AvgIpc) is 2.81. The van der Waals surface area contributed by atoms with Gasteiger partial charge in [0.25, 0.3) is 0 Å². The molecule has 0 spiro atoms. The Morgan fingerprint density at radius 2 is 2.00 bits per heavy atom. The number of carbonyl (C=O) groups is 1. The number of hydrogen-bond donors (Lipinski definition) is 2. The molecule has 118 valence electrons. The van der Waals surface area contributed by atoms with E-state index in [1.807, 2.05) is 6.92 Å². The highest BCUT2D eigenvalue weighted by Gasteiger charge is 2.36. The molecule has 1 aliphatic carbocycles. The number of aliphatic carboxylic acids is 1. The Bertz CT molecular complexity index is 478. The molecule has 1 fully saturated rings. The van der Waals surface area contributed by atoms with Crippen molar-refractivity contribution in [3.05, 3.63) is 5.82 Å². The summed E-state index contributed by atoms with van der Waals surface area (Å²) in [6, 6.07) is 0. The normalized spacial score (nSPS) is 17.6. The molecule has 0 aliphatic heterocycles. The lowest BCUT2D eigenvalue weighted by atomic mass is 9.69. The van der Waals surface area contributed by atoms with Gasteiger partial charge >= 0.3 is 5.97 Å². The van der Waals surface area contributed by atoms with Gasteiger partial charge in [-0.3, -0.25) is 9.36 Å². The molecule has 2 N–H and O–H groups in total. The van der Waals surface area contributed by atoms with Crippen LogP contribution in [0.25, 0.3) is 0 Å². The van der Waals surface area contributed by atoms with Gasteiger partial charge < -0.3 is 10.4 Å². The fourth-order valence-corrected chi connectivity index (χ4v) is 3.46. The smallest absolute Gasteiger partial charge is 0.303 e. The summed E-state index contributed by atoms with van der Waals surface area (Å²) in [7, 11) is 0. The second-order valence-corrected chi connectivity index (χ2v) is 6.02. The van der Waals surface area contributed by atoms with Crippen LogP contribution < -0.4 is 5.32 Å². The van der Waals surface area contributed by atoms with E-state index in [9.17, 15) is 9.90 Å². The summed E-state index contributed by atoms with van der Waals surface area (Å²) in [5.41, 5.74) is -0.145. The molecule has 1 aliphatic rings. The van der Waals surface area contributed by atoms with Gasteiger partial charge in [-0.05, 0) is 32.1 Å². The maximum atomic E-state index is 11.3. The van der Waals surface area contributed by atoms with Crippen LogP contribution in [0, 0.1) is 5.41 Å². The van der Waals surface area contributed by atoms with E-state index >= 15 is 0 Å². The third-order valence-electron chi connectivity index (χ3n) is 4.45. The van der Waals surface area contributed by atoms with Crippen LogP contribution in [-0.2, 0) is 17.8 Å². The van der Waals surface area contributed by atoms with Gasteiger partial charge in [-0.25, -0.2) is 0 Å². The summed E-state index contributed by atoms with van der Waals surface area (Å²) in [5, 5.41) is 21.0. The van der Waals surface area contributed by atoms with E-state index in [4.69, 9.17) is 0 Å². The second kappa shape index (κ2) is 6.91.